The van der Waals surface area contributed by atoms with E-state index in [0.717, 1.165) is 75.4 Å². The first-order valence-electron chi connectivity index (χ1n) is 22.1. The second kappa shape index (κ2) is 18.2. The number of halogens is 5. The fourth-order valence-electron chi connectivity index (χ4n) is 9.90. The van der Waals surface area contributed by atoms with Crippen molar-refractivity contribution in [2.45, 2.75) is 88.8 Å². The Morgan fingerprint density at radius 1 is 1.03 bits per heavy atom. The minimum absolute atomic E-state index is 0.0442. The molecule has 1 aliphatic carbocycles. The van der Waals surface area contributed by atoms with Crippen LogP contribution in [0, 0.1) is 11.8 Å². The Hall–Kier alpha value is -5.90. The number of imide groups is 1. The maximum atomic E-state index is 14.3. The number of aromatic nitrogens is 5. The van der Waals surface area contributed by atoms with Gasteiger partial charge < -0.3 is 29.5 Å². The number of hydrogen-bond acceptors (Lipinski definition) is 11. The van der Waals surface area contributed by atoms with Gasteiger partial charge in [-0.2, -0.15) is 10.2 Å². The molecule has 4 aliphatic heterocycles. The molecule has 5 amide bonds. The number of ether oxygens (including phenoxy) is 2. The lowest BCUT2D eigenvalue weighted by Crippen LogP contribution is -2.49. The van der Waals surface area contributed by atoms with Gasteiger partial charge >= 0.3 is 12.4 Å². The van der Waals surface area contributed by atoms with Crippen molar-refractivity contribution in [1.82, 2.24) is 39.5 Å². The number of amides is 5. The van der Waals surface area contributed by atoms with Crippen molar-refractivity contribution in [3.8, 4) is 5.75 Å². The molecule has 0 radical (unpaired) electrons. The van der Waals surface area contributed by atoms with Gasteiger partial charge in [-0.05, 0) is 101 Å². The minimum Gasteiger partial charge on any atom is -0.404 e. The van der Waals surface area contributed by atoms with E-state index >= 15 is 0 Å². The number of nitrogens with zero attached hydrogens (tertiary/aromatic N) is 9. The van der Waals surface area contributed by atoms with Gasteiger partial charge in [0, 0.05) is 57.1 Å². The number of hydrogen-bond donors (Lipinski definition) is 2. The fourth-order valence-corrected chi connectivity index (χ4v) is 9.90. The molecule has 2 bridgehead atoms. The molecule has 1 saturated carbocycles. The number of nitrogens with one attached hydrogen (secondary N) is 2. The number of morpholine rings is 1. The van der Waals surface area contributed by atoms with E-state index in [1.807, 2.05) is 6.07 Å². The van der Waals surface area contributed by atoms with Crippen molar-refractivity contribution >= 4 is 46.6 Å². The summed E-state index contributed by atoms with van der Waals surface area (Å²) in [6.07, 6.45) is 3.34. The third-order valence-electron chi connectivity index (χ3n) is 13.4. The van der Waals surface area contributed by atoms with Crippen LogP contribution in [-0.2, 0) is 9.53 Å². The number of carbonyl (C=O) groups excluding carboxylic acids is 4. The highest BCUT2D eigenvalue weighted by atomic mass is 19.4. The van der Waals surface area contributed by atoms with Gasteiger partial charge in [0.25, 0.3) is 18.2 Å². The summed E-state index contributed by atoms with van der Waals surface area (Å²) in [5, 5.41) is 13.3. The third-order valence-corrected chi connectivity index (χ3v) is 13.4. The van der Waals surface area contributed by atoms with E-state index in [-0.39, 0.29) is 59.6 Å². The first-order chi connectivity index (χ1) is 31.2. The first kappa shape index (κ1) is 44.3. The summed E-state index contributed by atoms with van der Waals surface area (Å²) in [6.45, 7) is 3.82. The van der Waals surface area contributed by atoms with Crippen LogP contribution in [0.15, 0.2) is 42.9 Å². The molecule has 0 unspecified atom stereocenters. The average molecular weight is 912 g/mol. The Kier molecular flexibility index (Phi) is 12.4. The van der Waals surface area contributed by atoms with Gasteiger partial charge in [0.15, 0.2) is 17.1 Å². The van der Waals surface area contributed by atoms with Gasteiger partial charge in [0.05, 0.1) is 42.4 Å². The Bertz CT molecular complexity index is 2430. The molecule has 65 heavy (non-hydrogen) atoms. The molecule has 2 atom stereocenters. The van der Waals surface area contributed by atoms with Crippen molar-refractivity contribution in [2.75, 3.05) is 68.0 Å². The van der Waals surface area contributed by atoms with Crippen molar-refractivity contribution in [2.24, 2.45) is 11.8 Å². The van der Waals surface area contributed by atoms with E-state index in [2.05, 4.69) is 42.4 Å². The summed E-state index contributed by atoms with van der Waals surface area (Å²) < 4.78 is 81.1. The molecule has 3 aromatic heterocycles. The summed E-state index contributed by atoms with van der Waals surface area (Å²) >= 11 is 0. The molecule has 1 aromatic carbocycles. The molecule has 4 aromatic rings. The standard InChI is InChI=1S/C43H50F5N11O6/c1-54(13-8-25-9-14-55(15-10-25)41(62)27-4-7-34(65-43(46,47)48)33(18-27)56-16-12-36(60)52-42(56)63)21-26-2-5-28(6-3-26)59-23-32(37(53-59)38(44)45)50-40(61)31-20-49-58-17-11-35(51-39(31)58)57-22-30-19-29(57)24-64-30/h4,7,11,17-18,20,23,25-26,28-30,38H,2-3,5-6,8-10,12-16,19,21-22,24H2,1H3,(H,50,61)(H,52,60,63)/t26?,28?,29-,30-/m1/s1. The van der Waals surface area contributed by atoms with Crippen LogP contribution >= 0.6 is 0 Å². The number of carbonyl (C=O) groups is 4. The Labute approximate surface area is 370 Å². The number of urea groups is 1. The minimum atomic E-state index is -5.04. The Morgan fingerprint density at radius 3 is 2.51 bits per heavy atom. The Morgan fingerprint density at radius 2 is 1.82 bits per heavy atom. The van der Waals surface area contributed by atoms with Gasteiger partial charge in [0.1, 0.15) is 11.4 Å². The van der Waals surface area contributed by atoms with Gasteiger partial charge in [-0.25, -0.2) is 23.1 Å². The number of alkyl halides is 5. The highest BCUT2D eigenvalue weighted by Crippen LogP contribution is 2.38. The molecule has 5 aliphatic rings. The monoisotopic (exact) mass is 911 g/mol. The maximum Gasteiger partial charge on any atom is 0.573 e. The number of piperidine rings is 1. The van der Waals surface area contributed by atoms with Crippen LogP contribution in [0.5, 0.6) is 5.75 Å². The molecule has 7 heterocycles. The molecule has 17 nitrogen and oxygen atoms in total. The summed E-state index contributed by atoms with van der Waals surface area (Å²) in [5.41, 5.74) is -0.190. The predicted octanol–water partition coefficient (Wildman–Crippen LogP) is 6.04. The van der Waals surface area contributed by atoms with Crippen LogP contribution < -0.4 is 25.2 Å². The zero-order chi connectivity index (χ0) is 45.6. The van der Waals surface area contributed by atoms with Gasteiger partial charge in [-0.1, -0.05) is 0 Å². The van der Waals surface area contributed by atoms with Crippen LogP contribution in [-0.4, -0.2) is 129 Å². The van der Waals surface area contributed by atoms with Gasteiger partial charge in [-0.3, -0.25) is 29.3 Å². The van der Waals surface area contributed by atoms with E-state index in [1.165, 1.54) is 29.0 Å². The molecule has 5 fully saturated rings. The Balaban J connectivity index is 0.738. The SMILES string of the molecule is CN(CCC1CCN(C(=O)c2ccc(OC(F)(F)F)c(N3CCC(=O)NC3=O)c2)CC1)CC1CCC(n2cc(NC(=O)c3cnn4ccc(N5C[C@H]6C[C@@H]5CO6)nc34)c(C(F)F)n2)CC1. The molecular formula is C43H50F5N11O6. The lowest BCUT2D eigenvalue weighted by Gasteiger charge is -2.34. The molecule has 2 N–H and O–H groups in total. The molecule has 0 spiro atoms. The average Bonchev–Trinajstić information content (AvgIpc) is 4.10. The number of likely N-dealkylation sites (tertiary alicyclic amines) is 1. The quantitative estimate of drug-likeness (QED) is 0.150. The zero-order valence-corrected chi connectivity index (χ0v) is 35.7. The highest BCUT2D eigenvalue weighted by Gasteiger charge is 2.40. The second-order valence-electron chi connectivity index (χ2n) is 17.7. The van der Waals surface area contributed by atoms with E-state index in [1.54, 1.807) is 15.8 Å². The molecule has 348 valence electrons. The summed E-state index contributed by atoms with van der Waals surface area (Å²) in [6, 6.07) is 4.53. The summed E-state index contributed by atoms with van der Waals surface area (Å²) in [4.78, 5) is 63.0. The smallest absolute Gasteiger partial charge is 0.404 e. The topological polar surface area (TPSA) is 172 Å². The van der Waals surface area contributed by atoms with Gasteiger partial charge in [-0.15, -0.1) is 13.2 Å². The van der Waals surface area contributed by atoms with Gasteiger partial charge in [0.2, 0.25) is 5.91 Å². The van der Waals surface area contributed by atoms with Crippen molar-refractivity contribution in [3.05, 3.63) is 59.7 Å². The summed E-state index contributed by atoms with van der Waals surface area (Å²) in [7, 11) is 2.08. The second-order valence-corrected chi connectivity index (χ2v) is 17.7. The third kappa shape index (κ3) is 9.73. The number of rotatable bonds is 13. The lowest BCUT2D eigenvalue weighted by atomic mass is 9.85. The number of fused-ring (bicyclic) bond motifs is 3. The summed E-state index contributed by atoms with van der Waals surface area (Å²) in [5.74, 6) is -0.698. The van der Waals surface area contributed by atoms with E-state index < -0.39 is 42.1 Å². The number of benzene rings is 1. The van der Waals surface area contributed by atoms with Crippen LogP contribution in [0.1, 0.15) is 96.7 Å². The van der Waals surface area contributed by atoms with Crippen LogP contribution in [0.4, 0.5) is 43.9 Å². The highest BCUT2D eigenvalue weighted by molar-refractivity contribution is 6.09. The predicted molar refractivity (Wildman–Crippen MR) is 224 cm³/mol. The van der Waals surface area contributed by atoms with Crippen molar-refractivity contribution < 1.29 is 50.6 Å². The van der Waals surface area contributed by atoms with E-state index in [4.69, 9.17) is 9.72 Å². The lowest BCUT2D eigenvalue weighted by molar-refractivity contribution is -0.274. The fraction of sp³-hybridized carbons (Fsp3) is 0.558. The van der Waals surface area contributed by atoms with Crippen LogP contribution in [0.25, 0.3) is 5.65 Å². The number of anilines is 3. The molecule has 9 rings (SSSR count). The molecule has 22 heteroatoms. The van der Waals surface area contributed by atoms with Crippen molar-refractivity contribution in [1.29, 1.82) is 0 Å². The first-order valence-corrected chi connectivity index (χ1v) is 22.1. The molecule has 4 saturated heterocycles. The largest absolute Gasteiger partial charge is 0.573 e. The van der Waals surface area contributed by atoms with Crippen LogP contribution in [0.3, 0.4) is 0 Å². The zero-order valence-electron chi connectivity index (χ0n) is 35.7. The van der Waals surface area contributed by atoms with Crippen molar-refractivity contribution in [3.63, 3.8) is 0 Å². The van der Waals surface area contributed by atoms with E-state index in [0.29, 0.717) is 49.5 Å². The maximum absolute atomic E-state index is 14.3. The van der Waals surface area contributed by atoms with Crippen LogP contribution in [0.2, 0.25) is 0 Å². The normalized spacial score (nSPS) is 23.0. The molecular weight excluding hydrogens is 862 g/mol. The van der Waals surface area contributed by atoms with E-state index in [9.17, 15) is 41.1 Å².